The molecule has 0 heterocycles. The summed E-state index contributed by atoms with van der Waals surface area (Å²) >= 11 is 0. The first-order chi connectivity index (χ1) is 7.06. The van der Waals surface area contributed by atoms with Gasteiger partial charge in [0, 0.05) is 24.8 Å². The fourth-order valence-electron chi connectivity index (χ4n) is 0.870. The van der Waals surface area contributed by atoms with Crippen molar-refractivity contribution in [2.45, 2.75) is 19.9 Å². The molecule has 0 bridgehead atoms. The summed E-state index contributed by atoms with van der Waals surface area (Å²) in [5, 5.41) is 14.9. The molecule has 0 amide bonds. The molecule has 0 aromatic rings. The van der Waals surface area contributed by atoms with Gasteiger partial charge in [-0.25, -0.2) is 0 Å². The Kier molecular flexibility index (Phi) is 7.49. The molecule has 0 rings (SSSR count). The summed E-state index contributed by atoms with van der Waals surface area (Å²) < 4.78 is 0. The molecule has 5 nitrogen and oxygen atoms in total. The minimum atomic E-state index is 0.114. The predicted octanol–water partition coefficient (Wildman–Crippen LogP) is -0.791. The summed E-state index contributed by atoms with van der Waals surface area (Å²) in [5.41, 5.74) is 11.8. The fourth-order valence-corrected chi connectivity index (χ4v) is 0.870. The van der Waals surface area contributed by atoms with E-state index in [9.17, 15) is 0 Å². The summed E-state index contributed by atoms with van der Waals surface area (Å²) in [6, 6.07) is 0.114. The lowest BCUT2D eigenvalue weighted by Crippen LogP contribution is -2.36. The van der Waals surface area contributed by atoms with Crippen molar-refractivity contribution in [3.05, 3.63) is 23.7 Å². The fraction of sp³-hybridized carbons (Fsp3) is 0.600. The number of aliphatic hydroxyl groups excluding tert-OH is 1. The van der Waals surface area contributed by atoms with Gasteiger partial charge in [0.25, 0.3) is 0 Å². The van der Waals surface area contributed by atoms with Gasteiger partial charge in [0.05, 0.1) is 12.4 Å². The van der Waals surface area contributed by atoms with Gasteiger partial charge in [-0.2, -0.15) is 0 Å². The van der Waals surface area contributed by atoms with Gasteiger partial charge in [-0.1, -0.05) is 0 Å². The second-order valence-corrected chi connectivity index (χ2v) is 3.50. The Hall–Kier alpha value is -1.20. The predicted molar refractivity (Wildman–Crippen MR) is 62.8 cm³/mol. The molecule has 15 heavy (non-hydrogen) atoms. The van der Waals surface area contributed by atoms with E-state index in [1.807, 2.05) is 6.92 Å². The third-order valence-electron chi connectivity index (χ3n) is 1.75. The van der Waals surface area contributed by atoms with Crippen LogP contribution in [-0.2, 0) is 0 Å². The maximum Gasteiger partial charge on any atom is 0.0961 e. The molecule has 0 saturated heterocycles. The van der Waals surface area contributed by atoms with Crippen LogP contribution in [0.25, 0.3) is 0 Å². The van der Waals surface area contributed by atoms with Crippen molar-refractivity contribution in [2.24, 2.45) is 11.5 Å². The standard InChI is InChI=1S/C10H22N4O/c1-8(11)3-4-10(12)14-6-5-13-9(2)7-15/h3-4,9,13-15H,5-7,11-12H2,1-2H3/b8-3-,10-4+. The summed E-state index contributed by atoms with van der Waals surface area (Å²) in [6.07, 6.45) is 3.47. The number of hydrogen-bond donors (Lipinski definition) is 5. The van der Waals surface area contributed by atoms with Crippen molar-refractivity contribution < 1.29 is 5.11 Å². The number of nitrogens with two attached hydrogens (primary N) is 2. The SMILES string of the molecule is C/C(N)=C/C=C(\N)NCCNC(C)CO. The molecule has 0 aromatic carbocycles. The van der Waals surface area contributed by atoms with Crippen LogP contribution in [0.1, 0.15) is 13.8 Å². The van der Waals surface area contributed by atoms with Crippen LogP contribution in [0.3, 0.4) is 0 Å². The smallest absolute Gasteiger partial charge is 0.0961 e. The zero-order valence-corrected chi connectivity index (χ0v) is 9.46. The molecule has 0 aliphatic heterocycles. The van der Waals surface area contributed by atoms with Crippen molar-refractivity contribution in [1.82, 2.24) is 10.6 Å². The third-order valence-corrected chi connectivity index (χ3v) is 1.75. The Morgan fingerprint density at radius 2 is 2.00 bits per heavy atom. The van der Waals surface area contributed by atoms with Gasteiger partial charge in [-0.3, -0.25) is 0 Å². The van der Waals surface area contributed by atoms with Gasteiger partial charge in [-0.05, 0) is 26.0 Å². The molecule has 0 aromatic heterocycles. The molecule has 88 valence electrons. The Morgan fingerprint density at radius 1 is 1.33 bits per heavy atom. The summed E-state index contributed by atoms with van der Waals surface area (Å²) in [5.74, 6) is 0.582. The molecule has 5 heteroatoms. The first kappa shape index (κ1) is 13.8. The van der Waals surface area contributed by atoms with Gasteiger partial charge in [-0.15, -0.1) is 0 Å². The molecular weight excluding hydrogens is 192 g/mol. The van der Waals surface area contributed by atoms with E-state index in [1.165, 1.54) is 0 Å². The average Bonchev–Trinajstić information content (AvgIpc) is 2.21. The number of hydrogen-bond acceptors (Lipinski definition) is 5. The van der Waals surface area contributed by atoms with E-state index < -0.39 is 0 Å². The number of nitrogens with one attached hydrogen (secondary N) is 2. The van der Waals surface area contributed by atoms with Crippen molar-refractivity contribution in [3.63, 3.8) is 0 Å². The van der Waals surface area contributed by atoms with Crippen LogP contribution in [-0.4, -0.2) is 30.8 Å². The highest BCUT2D eigenvalue weighted by Crippen LogP contribution is 1.84. The van der Waals surface area contributed by atoms with Gasteiger partial charge in [0.2, 0.25) is 0 Å². The van der Waals surface area contributed by atoms with E-state index in [0.29, 0.717) is 18.1 Å². The first-order valence-corrected chi connectivity index (χ1v) is 5.04. The van der Waals surface area contributed by atoms with E-state index in [2.05, 4.69) is 10.6 Å². The van der Waals surface area contributed by atoms with Crippen LogP contribution in [0.5, 0.6) is 0 Å². The molecule has 0 fully saturated rings. The lowest BCUT2D eigenvalue weighted by molar-refractivity contribution is 0.252. The minimum Gasteiger partial charge on any atom is -0.402 e. The summed E-state index contributed by atoms with van der Waals surface area (Å²) in [7, 11) is 0. The average molecular weight is 214 g/mol. The highest BCUT2D eigenvalue weighted by Gasteiger charge is 1.96. The molecule has 0 saturated carbocycles. The van der Waals surface area contributed by atoms with Crippen molar-refractivity contribution in [2.75, 3.05) is 19.7 Å². The minimum absolute atomic E-state index is 0.114. The maximum atomic E-state index is 8.75. The van der Waals surface area contributed by atoms with Crippen LogP contribution < -0.4 is 22.1 Å². The van der Waals surface area contributed by atoms with Crippen LogP contribution in [0.4, 0.5) is 0 Å². The second kappa shape index (κ2) is 8.14. The van der Waals surface area contributed by atoms with E-state index in [0.717, 1.165) is 6.54 Å². The first-order valence-electron chi connectivity index (χ1n) is 5.04. The molecule has 0 radical (unpaired) electrons. The van der Waals surface area contributed by atoms with Crippen molar-refractivity contribution in [3.8, 4) is 0 Å². The van der Waals surface area contributed by atoms with Crippen molar-refractivity contribution in [1.29, 1.82) is 0 Å². The largest absolute Gasteiger partial charge is 0.402 e. The maximum absolute atomic E-state index is 8.75. The molecule has 1 atom stereocenters. The van der Waals surface area contributed by atoms with Crippen molar-refractivity contribution >= 4 is 0 Å². The quantitative estimate of drug-likeness (QED) is 0.283. The third kappa shape index (κ3) is 9.11. The highest BCUT2D eigenvalue weighted by molar-refractivity contribution is 5.11. The normalized spacial score (nSPS) is 15.1. The summed E-state index contributed by atoms with van der Waals surface area (Å²) in [4.78, 5) is 0. The molecule has 0 aliphatic rings. The van der Waals surface area contributed by atoms with Crippen LogP contribution in [0.2, 0.25) is 0 Å². The Balaban J connectivity index is 3.59. The van der Waals surface area contributed by atoms with Gasteiger partial charge >= 0.3 is 0 Å². The lowest BCUT2D eigenvalue weighted by Gasteiger charge is -2.11. The topological polar surface area (TPSA) is 96.3 Å². The zero-order valence-electron chi connectivity index (χ0n) is 9.46. The zero-order chi connectivity index (χ0) is 11.7. The van der Waals surface area contributed by atoms with Gasteiger partial charge < -0.3 is 27.2 Å². The van der Waals surface area contributed by atoms with E-state index in [4.69, 9.17) is 16.6 Å². The van der Waals surface area contributed by atoms with E-state index in [1.54, 1.807) is 19.1 Å². The number of rotatable bonds is 7. The molecule has 7 N–H and O–H groups in total. The summed E-state index contributed by atoms with van der Waals surface area (Å²) in [6.45, 7) is 5.32. The molecule has 0 aliphatic carbocycles. The van der Waals surface area contributed by atoms with Crippen LogP contribution >= 0.6 is 0 Å². The molecular formula is C10H22N4O. The monoisotopic (exact) mass is 214 g/mol. The number of aliphatic hydroxyl groups is 1. The van der Waals surface area contributed by atoms with Gasteiger partial charge in [0.1, 0.15) is 0 Å². The van der Waals surface area contributed by atoms with Crippen LogP contribution in [0.15, 0.2) is 23.7 Å². The van der Waals surface area contributed by atoms with E-state index >= 15 is 0 Å². The Morgan fingerprint density at radius 3 is 2.53 bits per heavy atom. The molecule has 0 spiro atoms. The Bertz CT molecular complexity index is 221. The van der Waals surface area contributed by atoms with Crippen LogP contribution in [0, 0.1) is 0 Å². The lowest BCUT2D eigenvalue weighted by atomic mass is 10.3. The Labute approximate surface area is 91.2 Å². The van der Waals surface area contributed by atoms with Gasteiger partial charge in [0.15, 0.2) is 0 Å². The van der Waals surface area contributed by atoms with E-state index in [-0.39, 0.29) is 12.6 Å². The molecule has 1 unspecified atom stereocenters. The second-order valence-electron chi connectivity index (χ2n) is 3.50. The number of allylic oxidation sites excluding steroid dienone is 3. The highest BCUT2D eigenvalue weighted by atomic mass is 16.3.